The summed E-state index contributed by atoms with van der Waals surface area (Å²) in [5, 5.41) is 3.12. The predicted molar refractivity (Wildman–Crippen MR) is 80.1 cm³/mol. The number of aryl methyl sites for hydroxylation is 1. The van der Waals surface area contributed by atoms with Gasteiger partial charge in [-0.1, -0.05) is 0 Å². The Balaban J connectivity index is 1.93. The Morgan fingerprint density at radius 2 is 1.80 bits per heavy atom. The molecule has 1 fully saturated rings. The molecule has 0 unspecified atom stereocenters. The number of nitrogens with one attached hydrogen (secondary N) is 1. The third-order valence-corrected chi connectivity index (χ3v) is 3.45. The number of hydrogen-bond donors (Lipinski definition) is 1. The van der Waals surface area contributed by atoms with Crippen molar-refractivity contribution in [2.24, 2.45) is 0 Å². The van der Waals surface area contributed by atoms with Crippen molar-refractivity contribution in [3.63, 3.8) is 0 Å². The van der Waals surface area contributed by atoms with Gasteiger partial charge in [-0.2, -0.15) is 0 Å². The van der Waals surface area contributed by atoms with Gasteiger partial charge in [0.25, 0.3) is 0 Å². The number of rotatable bonds is 4. The van der Waals surface area contributed by atoms with Gasteiger partial charge in [-0.3, -0.25) is 0 Å². The Bertz CT molecular complexity index is 618. The van der Waals surface area contributed by atoms with Crippen molar-refractivity contribution in [1.82, 2.24) is 9.97 Å². The van der Waals surface area contributed by atoms with Crippen LogP contribution in [0.25, 0.3) is 11.3 Å². The van der Waals surface area contributed by atoms with Crippen LogP contribution in [0.2, 0.25) is 0 Å². The predicted octanol–water partition coefficient (Wildman–Crippen LogP) is 3.34. The first kappa shape index (κ1) is 12.9. The highest BCUT2D eigenvalue weighted by molar-refractivity contribution is 5.68. The van der Waals surface area contributed by atoms with Gasteiger partial charge in [0, 0.05) is 18.2 Å². The summed E-state index contributed by atoms with van der Waals surface area (Å²) in [5.74, 6) is 2.59. The number of anilines is 1. The van der Waals surface area contributed by atoms with E-state index in [0.29, 0.717) is 6.10 Å². The molecule has 1 aromatic heterocycles. The standard InChI is InChI=1S/C16H19N3O/c1-10-15(18-11(2)19-16(10)17-3)12-4-6-13(7-5-12)20-14-8-9-14/h4-7,14H,8-9H2,1-3H3,(H,17,18,19). The van der Waals surface area contributed by atoms with Crippen LogP contribution in [0.4, 0.5) is 5.82 Å². The maximum absolute atomic E-state index is 5.77. The van der Waals surface area contributed by atoms with Crippen molar-refractivity contribution in [3.05, 3.63) is 35.7 Å². The summed E-state index contributed by atoms with van der Waals surface area (Å²) in [6.45, 7) is 3.95. The molecule has 3 rings (SSSR count). The molecule has 1 aliphatic carbocycles. The number of hydrogen-bond acceptors (Lipinski definition) is 4. The molecule has 0 amide bonds. The van der Waals surface area contributed by atoms with E-state index < -0.39 is 0 Å². The van der Waals surface area contributed by atoms with Gasteiger partial charge in [0.15, 0.2) is 0 Å². The van der Waals surface area contributed by atoms with E-state index in [1.807, 2.05) is 33.0 Å². The minimum atomic E-state index is 0.430. The molecule has 0 aliphatic heterocycles. The molecule has 0 radical (unpaired) electrons. The van der Waals surface area contributed by atoms with Crippen molar-refractivity contribution in [3.8, 4) is 17.0 Å². The van der Waals surface area contributed by atoms with Crippen molar-refractivity contribution in [2.45, 2.75) is 32.8 Å². The Labute approximate surface area is 119 Å². The molecule has 0 bridgehead atoms. The van der Waals surface area contributed by atoms with E-state index in [0.717, 1.165) is 34.2 Å². The fourth-order valence-electron chi connectivity index (χ4n) is 2.22. The van der Waals surface area contributed by atoms with Gasteiger partial charge in [-0.25, -0.2) is 9.97 Å². The molecule has 20 heavy (non-hydrogen) atoms. The van der Waals surface area contributed by atoms with Gasteiger partial charge in [0.1, 0.15) is 17.4 Å². The zero-order valence-electron chi connectivity index (χ0n) is 12.1. The van der Waals surface area contributed by atoms with E-state index in [2.05, 4.69) is 27.4 Å². The lowest BCUT2D eigenvalue weighted by molar-refractivity contribution is 0.303. The number of benzene rings is 1. The van der Waals surface area contributed by atoms with E-state index in [1.165, 1.54) is 12.8 Å². The molecule has 0 atom stereocenters. The summed E-state index contributed by atoms with van der Waals surface area (Å²) in [6, 6.07) is 8.16. The second-order valence-corrected chi connectivity index (χ2v) is 5.18. The first-order valence-electron chi connectivity index (χ1n) is 6.97. The van der Waals surface area contributed by atoms with Gasteiger partial charge < -0.3 is 10.1 Å². The van der Waals surface area contributed by atoms with Crippen LogP contribution >= 0.6 is 0 Å². The molecule has 1 aliphatic rings. The van der Waals surface area contributed by atoms with Crippen molar-refractivity contribution in [1.29, 1.82) is 0 Å². The number of nitrogens with zero attached hydrogens (tertiary/aromatic N) is 2. The van der Waals surface area contributed by atoms with E-state index in [4.69, 9.17) is 4.74 Å². The fraction of sp³-hybridized carbons (Fsp3) is 0.375. The van der Waals surface area contributed by atoms with Gasteiger partial charge >= 0.3 is 0 Å². The Hall–Kier alpha value is -2.10. The molecule has 4 nitrogen and oxygen atoms in total. The normalized spacial score (nSPS) is 14.2. The Morgan fingerprint density at radius 3 is 2.40 bits per heavy atom. The summed E-state index contributed by atoms with van der Waals surface area (Å²) in [6.07, 6.45) is 2.79. The zero-order chi connectivity index (χ0) is 14.1. The van der Waals surface area contributed by atoms with E-state index in [1.54, 1.807) is 0 Å². The van der Waals surface area contributed by atoms with Crippen molar-refractivity contribution < 1.29 is 4.74 Å². The first-order valence-corrected chi connectivity index (χ1v) is 6.97. The second kappa shape index (κ2) is 5.12. The third kappa shape index (κ3) is 2.59. The second-order valence-electron chi connectivity index (χ2n) is 5.18. The van der Waals surface area contributed by atoms with Gasteiger partial charge in [0.05, 0.1) is 11.8 Å². The Kier molecular flexibility index (Phi) is 3.30. The smallest absolute Gasteiger partial charge is 0.132 e. The molecular weight excluding hydrogens is 250 g/mol. The van der Waals surface area contributed by atoms with Crippen LogP contribution in [-0.2, 0) is 0 Å². The lowest BCUT2D eigenvalue weighted by Gasteiger charge is -2.11. The van der Waals surface area contributed by atoms with Crippen LogP contribution in [0.5, 0.6) is 5.75 Å². The molecule has 4 heteroatoms. The van der Waals surface area contributed by atoms with Crippen molar-refractivity contribution in [2.75, 3.05) is 12.4 Å². The average molecular weight is 269 g/mol. The van der Waals surface area contributed by atoms with Gasteiger partial charge in [0.2, 0.25) is 0 Å². The lowest BCUT2D eigenvalue weighted by Crippen LogP contribution is -2.02. The van der Waals surface area contributed by atoms with Crippen molar-refractivity contribution >= 4 is 5.82 Å². The SMILES string of the molecule is CNc1nc(C)nc(-c2ccc(OC3CC3)cc2)c1C. The summed E-state index contributed by atoms with van der Waals surface area (Å²) in [7, 11) is 1.88. The van der Waals surface area contributed by atoms with Crippen LogP contribution in [0.3, 0.4) is 0 Å². The van der Waals surface area contributed by atoms with Crippen LogP contribution in [0, 0.1) is 13.8 Å². The third-order valence-electron chi connectivity index (χ3n) is 3.45. The first-order chi connectivity index (χ1) is 9.67. The summed E-state index contributed by atoms with van der Waals surface area (Å²) < 4.78 is 5.77. The number of ether oxygens (including phenoxy) is 1. The van der Waals surface area contributed by atoms with Gasteiger partial charge in [-0.15, -0.1) is 0 Å². The minimum Gasteiger partial charge on any atom is -0.490 e. The molecule has 1 N–H and O–H groups in total. The zero-order valence-corrected chi connectivity index (χ0v) is 12.1. The van der Waals surface area contributed by atoms with E-state index >= 15 is 0 Å². The van der Waals surface area contributed by atoms with E-state index in [9.17, 15) is 0 Å². The highest BCUT2D eigenvalue weighted by atomic mass is 16.5. The van der Waals surface area contributed by atoms with Crippen LogP contribution in [-0.4, -0.2) is 23.1 Å². The van der Waals surface area contributed by atoms with Gasteiger partial charge in [-0.05, 0) is 51.0 Å². The maximum atomic E-state index is 5.77. The quantitative estimate of drug-likeness (QED) is 0.924. The molecule has 1 aromatic carbocycles. The molecule has 2 aromatic rings. The van der Waals surface area contributed by atoms with Crippen LogP contribution < -0.4 is 10.1 Å². The molecule has 0 spiro atoms. The monoisotopic (exact) mass is 269 g/mol. The topological polar surface area (TPSA) is 47.0 Å². The molecule has 104 valence electrons. The summed E-state index contributed by atoms with van der Waals surface area (Å²) in [4.78, 5) is 8.96. The van der Waals surface area contributed by atoms with E-state index in [-0.39, 0.29) is 0 Å². The minimum absolute atomic E-state index is 0.430. The summed E-state index contributed by atoms with van der Waals surface area (Å²) >= 11 is 0. The maximum Gasteiger partial charge on any atom is 0.132 e. The van der Waals surface area contributed by atoms with Crippen LogP contribution in [0.15, 0.2) is 24.3 Å². The lowest BCUT2D eigenvalue weighted by atomic mass is 10.1. The molecular formula is C16H19N3O. The summed E-state index contributed by atoms with van der Waals surface area (Å²) in [5.41, 5.74) is 3.13. The molecule has 0 saturated heterocycles. The largest absolute Gasteiger partial charge is 0.490 e. The number of aromatic nitrogens is 2. The highest BCUT2D eigenvalue weighted by Crippen LogP contribution is 2.30. The van der Waals surface area contributed by atoms with Crippen LogP contribution in [0.1, 0.15) is 24.2 Å². The Morgan fingerprint density at radius 1 is 1.10 bits per heavy atom. The molecule has 1 heterocycles. The fourth-order valence-corrected chi connectivity index (χ4v) is 2.22. The average Bonchev–Trinajstić information content (AvgIpc) is 3.26. The molecule has 1 saturated carbocycles. The highest BCUT2D eigenvalue weighted by Gasteiger charge is 2.23.